The van der Waals surface area contributed by atoms with E-state index in [0.717, 1.165) is 61.5 Å². The second-order valence-corrected chi connectivity index (χ2v) is 8.53. The van der Waals surface area contributed by atoms with Crippen LogP contribution >= 0.6 is 23.2 Å². The Hall–Kier alpha value is -2.35. The molecule has 0 saturated carbocycles. The van der Waals surface area contributed by atoms with E-state index in [1.54, 1.807) is 0 Å². The molecule has 0 radical (unpaired) electrons. The summed E-state index contributed by atoms with van der Waals surface area (Å²) >= 11 is 12.3. The third kappa shape index (κ3) is 2.79. The fraction of sp³-hybridized carbons (Fsp3) is 0.350. The second kappa shape index (κ2) is 6.58. The Labute approximate surface area is 177 Å². The minimum atomic E-state index is 0.332. The Morgan fingerprint density at radius 3 is 2.76 bits per heavy atom. The average Bonchev–Trinajstić information content (AvgIpc) is 3.21. The van der Waals surface area contributed by atoms with Crippen molar-refractivity contribution in [3.8, 4) is 0 Å². The van der Waals surface area contributed by atoms with E-state index in [0.29, 0.717) is 16.0 Å². The van der Waals surface area contributed by atoms with Crippen molar-refractivity contribution in [2.75, 3.05) is 31.1 Å². The molecule has 2 aliphatic heterocycles. The van der Waals surface area contributed by atoms with E-state index in [4.69, 9.17) is 33.2 Å². The number of hydrogen-bond donors (Lipinski definition) is 2. The summed E-state index contributed by atoms with van der Waals surface area (Å²) in [6.07, 6.45) is 3.75. The van der Waals surface area contributed by atoms with Crippen LogP contribution in [-0.4, -0.2) is 50.7 Å². The van der Waals surface area contributed by atoms with Crippen molar-refractivity contribution >= 4 is 45.7 Å². The average molecular weight is 428 g/mol. The van der Waals surface area contributed by atoms with Gasteiger partial charge in [-0.1, -0.05) is 23.2 Å². The second-order valence-electron chi connectivity index (χ2n) is 7.72. The molecule has 6 rings (SSSR count). The third-order valence-electron chi connectivity index (χ3n) is 5.89. The lowest BCUT2D eigenvalue weighted by Gasteiger charge is -2.41. The fourth-order valence-electron chi connectivity index (χ4n) is 4.38. The molecule has 148 valence electrons. The number of H-pyrrole nitrogens is 1. The topological polar surface area (TPSA) is 74.1 Å². The van der Waals surface area contributed by atoms with Gasteiger partial charge in [0.05, 0.1) is 38.9 Å². The van der Waals surface area contributed by atoms with E-state index in [-0.39, 0.29) is 0 Å². The Morgan fingerprint density at radius 1 is 1.03 bits per heavy atom. The first-order valence-corrected chi connectivity index (χ1v) is 10.6. The number of benzene rings is 1. The zero-order valence-electron chi connectivity index (χ0n) is 15.6. The van der Waals surface area contributed by atoms with Crippen molar-refractivity contribution in [3.05, 3.63) is 51.5 Å². The minimum absolute atomic E-state index is 0.332. The molecule has 2 N–H and O–H groups in total. The molecule has 1 fully saturated rings. The van der Waals surface area contributed by atoms with Gasteiger partial charge in [0, 0.05) is 37.7 Å². The summed E-state index contributed by atoms with van der Waals surface area (Å²) in [5, 5.41) is 9.10. The van der Waals surface area contributed by atoms with Gasteiger partial charge < -0.3 is 15.2 Å². The van der Waals surface area contributed by atoms with Gasteiger partial charge >= 0.3 is 0 Å². The third-order valence-corrected chi connectivity index (χ3v) is 6.61. The van der Waals surface area contributed by atoms with Crippen molar-refractivity contribution in [2.24, 2.45) is 0 Å². The normalized spacial score (nSPS) is 17.5. The lowest BCUT2D eigenvalue weighted by molar-refractivity contribution is 0.494. The number of imidazole rings is 1. The fourth-order valence-corrected chi connectivity index (χ4v) is 4.70. The van der Waals surface area contributed by atoms with E-state index in [1.165, 1.54) is 17.1 Å². The van der Waals surface area contributed by atoms with Gasteiger partial charge in [0.25, 0.3) is 0 Å². The highest BCUT2D eigenvalue weighted by Gasteiger charge is 2.34. The molecule has 0 bridgehead atoms. The van der Waals surface area contributed by atoms with Crippen molar-refractivity contribution in [3.63, 3.8) is 0 Å². The lowest BCUT2D eigenvalue weighted by atomic mass is 9.97. The molecule has 0 aliphatic carbocycles. The summed E-state index contributed by atoms with van der Waals surface area (Å²) < 4.78 is 1.98. The largest absolute Gasteiger partial charge is 0.355 e. The van der Waals surface area contributed by atoms with Gasteiger partial charge in [-0.2, -0.15) is 9.61 Å². The van der Waals surface area contributed by atoms with Crippen LogP contribution in [0.15, 0.2) is 24.4 Å². The molecule has 0 atom stereocenters. The number of fused-ring (bicyclic) bond motifs is 3. The molecule has 9 heteroatoms. The monoisotopic (exact) mass is 427 g/mol. The van der Waals surface area contributed by atoms with Gasteiger partial charge in [-0.05, 0) is 25.1 Å². The van der Waals surface area contributed by atoms with Crippen LogP contribution < -0.4 is 10.2 Å². The quantitative estimate of drug-likeness (QED) is 0.513. The van der Waals surface area contributed by atoms with Gasteiger partial charge in [0.2, 0.25) is 0 Å². The maximum atomic E-state index is 6.14. The van der Waals surface area contributed by atoms with Crippen molar-refractivity contribution < 1.29 is 0 Å². The van der Waals surface area contributed by atoms with E-state index >= 15 is 0 Å². The Balaban J connectivity index is 1.34. The predicted molar refractivity (Wildman–Crippen MR) is 114 cm³/mol. The number of nitrogens with one attached hydrogen (secondary N) is 2. The molecule has 0 spiro atoms. The summed E-state index contributed by atoms with van der Waals surface area (Å²) in [6, 6.07) is 5.64. The summed E-state index contributed by atoms with van der Waals surface area (Å²) in [4.78, 5) is 15.4. The molecule has 3 aromatic heterocycles. The Bertz CT molecular complexity index is 1200. The van der Waals surface area contributed by atoms with E-state index < -0.39 is 0 Å². The Morgan fingerprint density at radius 2 is 1.86 bits per heavy atom. The molecule has 1 aromatic carbocycles. The number of aromatic nitrogens is 5. The van der Waals surface area contributed by atoms with E-state index in [9.17, 15) is 0 Å². The summed E-state index contributed by atoms with van der Waals surface area (Å²) in [5.41, 5.74) is 5.19. The maximum Gasteiger partial charge on any atom is 0.157 e. The molecule has 5 heterocycles. The molecular weight excluding hydrogens is 409 g/mol. The van der Waals surface area contributed by atoms with Crippen LogP contribution in [0.25, 0.3) is 16.7 Å². The molecule has 2 aliphatic rings. The lowest BCUT2D eigenvalue weighted by Crippen LogP contribution is -2.47. The highest BCUT2D eigenvalue weighted by Crippen LogP contribution is 2.36. The van der Waals surface area contributed by atoms with Crippen molar-refractivity contribution in [1.82, 2.24) is 29.9 Å². The number of rotatable bonds is 2. The van der Waals surface area contributed by atoms with E-state index in [1.807, 2.05) is 28.9 Å². The highest BCUT2D eigenvalue weighted by molar-refractivity contribution is 6.42. The molecule has 4 aromatic rings. The molecular formula is C20H19Cl2N7. The number of anilines is 1. The van der Waals surface area contributed by atoms with Crippen molar-refractivity contribution in [2.45, 2.75) is 18.8 Å². The molecule has 0 amide bonds. The zero-order valence-corrected chi connectivity index (χ0v) is 17.1. The number of nitrogens with zero attached hydrogens (tertiary/aromatic N) is 5. The Kier molecular flexibility index (Phi) is 3.97. The predicted octanol–water partition coefficient (Wildman–Crippen LogP) is 3.20. The van der Waals surface area contributed by atoms with Crippen LogP contribution in [0.2, 0.25) is 10.0 Å². The zero-order chi connectivity index (χ0) is 19.5. The summed E-state index contributed by atoms with van der Waals surface area (Å²) in [7, 11) is 0. The standard InChI is InChI=1S/C20H19Cl2N7/c21-13-7-16-17(8-14(13)22)27-19(26-16)11-9-28(10-11)20-12-1-4-23-5-2-15(12)25-18-3-6-24-29(18)20/h3,6-8,11,23H,1-2,4-5,9-10H2,(H,26,27). The van der Waals surface area contributed by atoms with Crippen LogP contribution in [0.5, 0.6) is 0 Å². The van der Waals surface area contributed by atoms with Crippen LogP contribution in [0.3, 0.4) is 0 Å². The van der Waals surface area contributed by atoms with E-state index in [2.05, 4.69) is 20.3 Å². The smallest absolute Gasteiger partial charge is 0.157 e. The molecule has 0 unspecified atom stereocenters. The first-order chi connectivity index (χ1) is 14.2. The first-order valence-electron chi connectivity index (χ1n) is 9.83. The number of aromatic amines is 1. The van der Waals surface area contributed by atoms with Crippen LogP contribution in [0.4, 0.5) is 5.82 Å². The summed E-state index contributed by atoms with van der Waals surface area (Å²) in [6.45, 7) is 3.72. The number of hydrogen-bond acceptors (Lipinski definition) is 5. The van der Waals surface area contributed by atoms with Crippen LogP contribution in [-0.2, 0) is 12.8 Å². The first kappa shape index (κ1) is 17.5. The molecule has 29 heavy (non-hydrogen) atoms. The van der Waals surface area contributed by atoms with Gasteiger partial charge in [0.15, 0.2) is 5.65 Å². The summed E-state index contributed by atoms with van der Waals surface area (Å²) in [5.74, 6) is 2.49. The minimum Gasteiger partial charge on any atom is -0.355 e. The highest BCUT2D eigenvalue weighted by atomic mass is 35.5. The molecule has 1 saturated heterocycles. The molecule has 7 nitrogen and oxygen atoms in total. The van der Waals surface area contributed by atoms with Gasteiger partial charge in [-0.15, -0.1) is 0 Å². The SMILES string of the molecule is Clc1cc2nc(C3CN(c4c5c(nc6ccnn46)CCNCC5)C3)[nH]c2cc1Cl. The van der Waals surface area contributed by atoms with Crippen LogP contribution in [0, 0.1) is 0 Å². The van der Waals surface area contributed by atoms with Gasteiger partial charge in [-0.3, -0.25) is 0 Å². The van der Waals surface area contributed by atoms with Crippen LogP contribution in [0.1, 0.15) is 23.0 Å². The van der Waals surface area contributed by atoms with Gasteiger partial charge in [0.1, 0.15) is 11.6 Å². The van der Waals surface area contributed by atoms with Gasteiger partial charge in [-0.25, -0.2) is 9.97 Å². The van der Waals surface area contributed by atoms with Crippen molar-refractivity contribution in [1.29, 1.82) is 0 Å². The maximum absolute atomic E-state index is 6.14. The number of halogens is 2.